The molecule has 3 heterocycles. The third kappa shape index (κ3) is 4.33. The van der Waals surface area contributed by atoms with Crippen LogP contribution in [-0.2, 0) is 14.6 Å². The number of aromatic nitrogens is 3. The predicted molar refractivity (Wildman–Crippen MR) is 118 cm³/mol. The first-order valence-corrected chi connectivity index (χ1v) is 11.1. The van der Waals surface area contributed by atoms with E-state index >= 15 is 0 Å². The van der Waals surface area contributed by atoms with Crippen LogP contribution in [0.5, 0.6) is 0 Å². The first-order chi connectivity index (χ1) is 14.8. The molecule has 0 saturated carbocycles. The fourth-order valence-corrected chi connectivity index (χ4v) is 3.93. The number of aromatic amines is 1. The van der Waals surface area contributed by atoms with E-state index < -0.39 is 15.8 Å². The van der Waals surface area contributed by atoms with Gasteiger partial charge in [0.15, 0.2) is 9.84 Å². The predicted octanol–water partition coefficient (Wildman–Crippen LogP) is 3.64. The minimum atomic E-state index is -3.41. The second kappa shape index (κ2) is 8.07. The third-order valence-electron chi connectivity index (χ3n) is 4.53. The van der Waals surface area contributed by atoms with Crippen molar-refractivity contribution in [1.82, 2.24) is 15.0 Å². The lowest BCUT2D eigenvalue weighted by Gasteiger charge is -2.13. The van der Waals surface area contributed by atoms with E-state index in [-0.39, 0.29) is 4.90 Å². The van der Waals surface area contributed by atoms with Crippen LogP contribution in [0.2, 0.25) is 0 Å². The minimum absolute atomic E-state index is 0.199. The number of hydrogen-bond donors (Lipinski definition) is 3. The Kier molecular flexibility index (Phi) is 5.30. The Morgan fingerprint density at radius 3 is 2.55 bits per heavy atom. The zero-order valence-electron chi connectivity index (χ0n) is 16.7. The minimum Gasteiger partial charge on any atom is -0.465 e. The van der Waals surface area contributed by atoms with Gasteiger partial charge in [-0.2, -0.15) is 0 Å². The summed E-state index contributed by atoms with van der Waals surface area (Å²) in [6.07, 6.45) is 4.32. The average molecular weight is 437 g/mol. The number of fused-ring (bicyclic) bond motifs is 1. The Hall–Kier alpha value is -3.92. The molecule has 0 aliphatic carbocycles. The fourth-order valence-electron chi connectivity index (χ4n) is 3.08. The number of rotatable bonds is 6. The summed E-state index contributed by atoms with van der Waals surface area (Å²) >= 11 is 0. The molecule has 9 nitrogen and oxygen atoms in total. The van der Waals surface area contributed by atoms with Crippen molar-refractivity contribution in [2.24, 2.45) is 0 Å². The largest absolute Gasteiger partial charge is 0.465 e. The number of sulfone groups is 1. The number of carbonyl (C=O) groups is 1. The molecule has 0 aliphatic heterocycles. The summed E-state index contributed by atoms with van der Waals surface area (Å²) in [6, 6.07) is 13.5. The van der Waals surface area contributed by atoms with Crippen LogP contribution in [0.15, 0.2) is 65.8 Å². The summed E-state index contributed by atoms with van der Waals surface area (Å²) in [6.45, 7) is 0. The third-order valence-corrected chi connectivity index (χ3v) is 5.68. The summed E-state index contributed by atoms with van der Waals surface area (Å²) in [5.74, 6) is 0.488. The number of carbonyl (C=O) groups excluding carboxylic acids is 1. The van der Waals surface area contributed by atoms with Gasteiger partial charge in [-0.1, -0.05) is 12.1 Å². The second-order valence-corrected chi connectivity index (χ2v) is 8.72. The number of nitrogens with zero attached hydrogens (tertiary/aromatic N) is 2. The van der Waals surface area contributed by atoms with Crippen molar-refractivity contribution in [1.29, 1.82) is 0 Å². The maximum Gasteiger partial charge on any atom is 0.339 e. The van der Waals surface area contributed by atoms with Crippen LogP contribution < -0.4 is 10.6 Å². The number of esters is 1. The Labute approximate surface area is 178 Å². The molecule has 3 N–H and O–H groups in total. The first-order valence-electron chi connectivity index (χ1n) is 9.21. The van der Waals surface area contributed by atoms with Gasteiger partial charge < -0.3 is 20.4 Å². The molecule has 0 fully saturated rings. The molecule has 1 aromatic carbocycles. The number of H-pyrrole nitrogens is 1. The molecule has 0 aliphatic rings. The van der Waals surface area contributed by atoms with E-state index in [0.29, 0.717) is 34.2 Å². The maximum atomic E-state index is 12.2. The molecule has 10 heteroatoms. The average Bonchev–Trinajstić information content (AvgIpc) is 3.22. The summed E-state index contributed by atoms with van der Waals surface area (Å²) in [7, 11) is -2.11. The highest BCUT2D eigenvalue weighted by molar-refractivity contribution is 7.90. The van der Waals surface area contributed by atoms with Gasteiger partial charge in [-0.15, -0.1) is 0 Å². The van der Waals surface area contributed by atoms with Crippen molar-refractivity contribution in [3.05, 3.63) is 66.5 Å². The summed E-state index contributed by atoms with van der Waals surface area (Å²) in [5, 5.41) is 7.09. The SMILES string of the molecule is COC(=O)c1ccc(Nc2cc(Nc3ccccc3S(C)(=O)=O)c3cc[nH]c3n2)nc1. The molecule has 0 bridgehead atoms. The van der Waals surface area contributed by atoms with E-state index in [2.05, 4.69) is 30.3 Å². The standard InChI is InChI=1S/C21H19N5O4S/c1-30-21(27)13-7-8-18(23-12-13)25-19-11-16(14-9-10-22-20(14)26-19)24-15-5-3-4-6-17(15)31(2,28)29/h3-12H,1-2H3,(H3,22,23,24,25,26). The topological polar surface area (TPSA) is 126 Å². The molecule has 4 aromatic rings. The molecular formula is C21H19N5O4S. The van der Waals surface area contributed by atoms with E-state index in [4.69, 9.17) is 0 Å². The maximum absolute atomic E-state index is 12.2. The van der Waals surface area contributed by atoms with Crippen molar-refractivity contribution >= 4 is 49.9 Å². The van der Waals surface area contributed by atoms with Crippen molar-refractivity contribution in [2.75, 3.05) is 24.0 Å². The van der Waals surface area contributed by atoms with Crippen molar-refractivity contribution in [3.8, 4) is 0 Å². The van der Waals surface area contributed by atoms with Gasteiger partial charge in [0.05, 0.1) is 28.9 Å². The van der Waals surface area contributed by atoms with Crippen LogP contribution >= 0.6 is 0 Å². The Morgan fingerprint density at radius 1 is 1.03 bits per heavy atom. The molecule has 0 amide bonds. The summed E-state index contributed by atoms with van der Waals surface area (Å²) in [4.78, 5) is 23.6. The number of para-hydroxylation sites is 1. The van der Waals surface area contributed by atoms with Gasteiger partial charge >= 0.3 is 5.97 Å². The number of nitrogens with one attached hydrogen (secondary N) is 3. The molecule has 31 heavy (non-hydrogen) atoms. The number of pyridine rings is 2. The van der Waals surface area contributed by atoms with Gasteiger partial charge in [0.1, 0.15) is 17.3 Å². The lowest BCUT2D eigenvalue weighted by Crippen LogP contribution is -2.04. The molecule has 0 saturated heterocycles. The molecule has 0 spiro atoms. The first kappa shape index (κ1) is 20.4. The quantitative estimate of drug-likeness (QED) is 0.390. The van der Waals surface area contributed by atoms with Crippen LogP contribution in [-0.4, -0.2) is 42.7 Å². The number of hydrogen-bond acceptors (Lipinski definition) is 8. The lowest BCUT2D eigenvalue weighted by molar-refractivity contribution is 0.0600. The van der Waals surface area contributed by atoms with Gasteiger partial charge in [-0.25, -0.2) is 23.2 Å². The van der Waals surface area contributed by atoms with Crippen LogP contribution in [0.3, 0.4) is 0 Å². The van der Waals surface area contributed by atoms with Crippen LogP contribution in [0.1, 0.15) is 10.4 Å². The Morgan fingerprint density at radius 2 is 1.84 bits per heavy atom. The Bertz CT molecular complexity index is 1360. The molecule has 0 atom stereocenters. The number of ether oxygens (including phenoxy) is 1. The highest BCUT2D eigenvalue weighted by Crippen LogP contribution is 2.31. The zero-order chi connectivity index (χ0) is 22.0. The molecule has 3 aromatic heterocycles. The molecule has 0 radical (unpaired) electrons. The lowest BCUT2D eigenvalue weighted by atomic mass is 10.2. The van der Waals surface area contributed by atoms with E-state index in [1.807, 2.05) is 6.07 Å². The van der Waals surface area contributed by atoms with Gasteiger partial charge in [0.25, 0.3) is 0 Å². The number of anilines is 4. The molecule has 0 unspecified atom stereocenters. The van der Waals surface area contributed by atoms with Crippen LogP contribution in [0.25, 0.3) is 11.0 Å². The van der Waals surface area contributed by atoms with E-state index in [9.17, 15) is 13.2 Å². The Balaban J connectivity index is 1.69. The summed E-state index contributed by atoms with van der Waals surface area (Å²) in [5.41, 5.74) is 2.07. The molecular weight excluding hydrogens is 418 g/mol. The highest BCUT2D eigenvalue weighted by atomic mass is 32.2. The van der Waals surface area contributed by atoms with E-state index in [0.717, 1.165) is 5.39 Å². The summed E-state index contributed by atoms with van der Waals surface area (Å²) < 4.78 is 29.0. The molecule has 4 rings (SSSR count). The smallest absolute Gasteiger partial charge is 0.339 e. The normalized spacial score (nSPS) is 11.3. The van der Waals surface area contributed by atoms with Gasteiger partial charge in [0.2, 0.25) is 0 Å². The monoisotopic (exact) mass is 437 g/mol. The second-order valence-electron chi connectivity index (χ2n) is 6.74. The van der Waals surface area contributed by atoms with Crippen LogP contribution in [0, 0.1) is 0 Å². The van der Waals surface area contributed by atoms with E-state index in [1.165, 1.54) is 19.6 Å². The number of benzene rings is 1. The van der Waals surface area contributed by atoms with E-state index in [1.54, 1.807) is 48.7 Å². The fraction of sp³-hybridized carbons (Fsp3) is 0.0952. The van der Waals surface area contributed by atoms with Gasteiger partial charge in [-0.3, -0.25) is 0 Å². The highest BCUT2D eigenvalue weighted by Gasteiger charge is 2.15. The van der Waals surface area contributed by atoms with Gasteiger partial charge in [0, 0.05) is 30.1 Å². The number of methoxy groups -OCH3 is 1. The van der Waals surface area contributed by atoms with Crippen molar-refractivity contribution < 1.29 is 17.9 Å². The molecule has 158 valence electrons. The van der Waals surface area contributed by atoms with Gasteiger partial charge in [-0.05, 0) is 30.3 Å². The van der Waals surface area contributed by atoms with Crippen LogP contribution in [0.4, 0.5) is 23.0 Å². The van der Waals surface area contributed by atoms with Crippen molar-refractivity contribution in [2.45, 2.75) is 4.90 Å². The van der Waals surface area contributed by atoms with Crippen molar-refractivity contribution in [3.63, 3.8) is 0 Å². The zero-order valence-corrected chi connectivity index (χ0v) is 17.5.